The number of halogens is 1. The molecular weight excluding hydrogens is 292 g/mol. The molecule has 1 fully saturated rings. The van der Waals surface area contributed by atoms with Gasteiger partial charge in [0, 0.05) is 17.4 Å². The molecule has 1 aromatic rings. The Hall–Kier alpha value is -0.870. The zero-order valence-electron chi connectivity index (χ0n) is 10.4. The summed E-state index contributed by atoms with van der Waals surface area (Å²) in [6.07, 6.45) is 3.50. The molecule has 0 spiro atoms. The van der Waals surface area contributed by atoms with Gasteiger partial charge in [0.2, 0.25) is 5.91 Å². The first kappa shape index (κ1) is 13.6. The monoisotopic (exact) mass is 310 g/mol. The summed E-state index contributed by atoms with van der Waals surface area (Å²) < 4.78 is 1.07. The molecule has 2 rings (SSSR count). The highest BCUT2D eigenvalue weighted by Crippen LogP contribution is 2.33. The fraction of sp³-hybridized carbons (Fsp3) is 0.500. The van der Waals surface area contributed by atoms with Gasteiger partial charge >= 0.3 is 0 Å². The van der Waals surface area contributed by atoms with Gasteiger partial charge in [-0.25, -0.2) is 0 Å². The van der Waals surface area contributed by atoms with Crippen LogP contribution in [0.5, 0.6) is 0 Å². The molecule has 0 bridgehead atoms. The van der Waals surface area contributed by atoms with Crippen molar-refractivity contribution in [3.63, 3.8) is 0 Å². The number of likely N-dealkylation sites (tertiary alicyclic amines) is 1. The Morgan fingerprint density at radius 3 is 3.06 bits per heavy atom. The molecule has 1 unspecified atom stereocenters. The van der Waals surface area contributed by atoms with Gasteiger partial charge in [-0.15, -0.1) is 0 Å². The summed E-state index contributed by atoms with van der Waals surface area (Å²) in [4.78, 5) is 14.1. The summed E-state index contributed by atoms with van der Waals surface area (Å²) in [6.45, 7) is 1.46. The maximum absolute atomic E-state index is 12.1. The van der Waals surface area contributed by atoms with Crippen molar-refractivity contribution in [3.8, 4) is 0 Å². The lowest BCUT2D eigenvalue weighted by Gasteiger charge is -2.25. The minimum Gasteiger partial charge on any atom is -0.336 e. The minimum atomic E-state index is 0.239. The molecule has 0 radical (unpaired) electrons. The lowest BCUT2D eigenvalue weighted by molar-refractivity contribution is -0.132. The molecule has 1 aromatic carbocycles. The Balaban J connectivity index is 2.10. The van der Waals surface area contributed by atoms with E-state index >= 15 is 0 Å². The topological polar surface area (TPSA) is 46.3 Å². The zero-order valence-corrected chi connectivity index (χ0v) is 12.0. The molecule has 0 aliphatic carbocycles. The van der Waals surface area contributed by atoms with Gasteiger partial charge in [-0.2, -0.15) is 0 Å². The third kappa shape index (κ3) is 3.12. The maximum Gasteiger partial charge on any atom is 0.223 e. The molecule has 1 heterocycles. The van der Waals surface area contributed by atoms with Crippen LogP contribution in [0.25, 0.3) is 0 Å². The van der Waals surface area contributed by atoms with E-state index in [1.165, 1.54) is 5.56 Å². The highest BCUT2D eigenvalue weighted by atomic mass is 79.9. The lowest BCUT2D eigenvalue weighted by atomic mass is 10.0. The van der Waals surface area contributed by atoms with Crippen molar-refractivity contribution in [2.24, 2.45) is 5.73 Å². The van der Waals surface area contributed by atoms with E-state index in [9.17, 15) is 4.79 Å². The van der Waals surface area contributed by atoms with Crippen molar-refractivity contribution in [2.75, 3.05) is 13.1 Å². The predicted molar refractivity (Wildman–Crippen MR) is 76.1 cm³/mol. The fourth-order valence-electron chi connectivity index (χ4n) is 2.52. The van der Waals surface area contributed by atoms with Crippen LogP contribution in [0.1, 0.15) is 37.3 Å². The van der Waals surface area contributed by atoms with Gasteiger partial charge < -0.3 is 10.6 Å². The molecule has 3 nitrogen and oxygen atoms in total. The average molecular weight is 311 g/mol. The van der Waals surface area contributed by atoms with Crippen LogP contribution in [-0.4, -0.2) is 23.9 Å². The van der Waals surface area contributed by atoms with Crippen LogP contribution in [0.15, 0.2) is 28.7 Å². The summed E-state index contributed by atoms with van der Waals surface area (Å²) >= 11 is 3.49. The number of amides is 1. The minimum absolute atomic E-state index is 0.239. The van der Waals surface area contributed by atoms with Crippen molar-refractivity contribution in [3.05, 3.63) is 34.3 Å². The quantitative estimate of drug-likeness (QED) is 0.929. The van der Waals surface area contributed by atoms with Gasteiger partial charge in [-0.3, -0.25) is 4.79 Å². The summed E-state index contributed by atoms with van der Waals surface area (Å²) in [6, 6.07) is 8.50. The van der Waals surface area contributed by atoms with Crippen LogP contribution >= 0.6 is 15.9 Å². The van der Waals surface area contributed by atoms with Crippen molar-refractivity contribution < 1.29 is 4.79 Å². The van der Waals surface area contributed by atoms with Gasteiger partial charge in [0.15, 0.2) is 0 Å². The first-order chi connectivity index (χ1) is 8.72. The third-order valence-electron chi connectivity index (χ3n) is 3.40. The van der Waals surface area contributed by atoms with E-state index in [1.54, 1.807) is 0 Å². The number of nitrogens with two attached hydrogens (primary N) is 1. The smallest absolute Gasteiger partial charge is 0.223 e. The van der Waals surface area contributed by atoms with E-state index in [1.807, 2.05) is 17.0 Å². The first-order valence-electron chi connectivity index (χ1n) is 6.47. The Bertz CT molecular complexity index is 422. The highest BCUT2D eigenvalue weighted by molar-refractivity contribution is 9.10. The number of carbonyl (C=O) groups excluding carboxylic acids is 1. The molecule has 0 aromatic heterocycles. The summed E-state index contributed by atoms with van der Waals surface area (Å²) in [5.41, 5.74) is 6.69. The van der Waals surface area contributed by atoms with Crippen molar-refractivity contribution in [1.82, 2.24) is 4.90 Å². The first-order valence-corrected chi connectivity index (χ1v) is 7.26. The second kappa shape index (κ2) is 6.34. The Morgan fingerprint density at radius 2 is 2.33 bits per heavy atom. The SMILES string of the molecule is NCCCC(=O)N1CCCC1c1cccc(Br)c1. The van der Waals surface area contributed by atoms with Crippen LogP contribution in [0, 0.1) is 0 Å². The van der Waals surface area contributed by atoms with E-state index in [0.29, 0.717) is 13.0 Å². The number of nitrogens with zero attached hydrogens (tertiary/aromatic N) is 1. The maximum atomic E-state index is 12.1. The number of carbonyl (C=O) groups is 1. The van der Waals surface area contributed by atoms with Crippen LogP contribution in [0.4, 0.5) is 0 Å². The summed E-state index contributed by atoms with van der Waals surface area (Å²) in [5, 5.41) is 0. The van der Waals surface area contributed by atoms with E-state index in [0.717, 1.165) is 30.3 Å². The Morgan fingerprint density at radius 1 is 1.50 bits per heavy atom. The molecule has 1 amide bonds. The van der Waals surface area contributed by atoms with Gasteiger partial charge in [-0.1, -0.05) is 28.1 Å². The van der Waals surface area contributed by atoms with Crippen molar-refractivity contribution in [1.29, 1.82) is 0 Å². The molecule has 1 saturated heterocycles. The number of rotatable bonds is 4. The molecule has 2 N–H and O–H groups in total. The van der Waals surface area contributed by atoms with Gasteiger partial charge in [0.25, 0.3) is 0 Å². The molecule has 1 atom stereocenters. The Kier molecular flexibility index (Phi) is 4.78. The van der Waals surface area contributed by atoms with Gasteiger partial charge in [0.1, 0.15) is 0 Å². The van der Waals surface area contributed by atoms with E-state index in [-0.39, 0.29) is 11.9 Å². The van der Waals surface area contributed by atoms with E-state index in [4.69, 9.17) is 5.73 Å². The van der Waals surface area contributed by atoms with Crippen LogP contribution in [0.2, 0.25) is 0 Å². The molecule has 98 valence electrons. The molecule has 1 aliphatic rings. The van der Waals surface area contributed by atoms with Gasteiger partial charge in [-0.05, 0) is 43.5 Å². The predicted octanol–water partition coefficient (Wildman–Crippen LogP) is 2.85. The van der Waals surface area contributed by atoms with E-state index in [2.05, 4.69) is 28.1 Å². The van der Waals surface area contributed by atoms with Crippen LogP contribution in [0.3, 0.4) is 0 Å². The molecular formula is C14H19BrN2O. The third-order valence-corrected chi connectivity index (χ3v) is 3.89. The van der Waals surface area contributed by atoms with E-state index < -0.39 is 0 Å². The number of hydrogen-bond acceptors (Lipinski definition) is 2. The summed E-state index contributed by atoms with van der Waals surface area (Å²) in [7, 11) is 0. The average Bonchev–Trinajstić information content (AvgIpc) is 2.85. The molecule has 0 saturated carbocycles. The highest BCUT2D eigenvalue weighted by Gasteiger charge is 2.29. The fourth-order valence-corrected chi connectivity index (χ4v) is 2.94. The normalized spacial score (nSPS) is 19.2. The van der Waals surface area contributed by atoms with Crippen molar-refractivity contribution in [2.45, 2.75) is 31.7 Å². The Labute approximate surface area is 116 Å². The zero-order chi connectivity index (χ0) is 13.0. The largest absolute Gasteiger partial charge is 0.336 e. The molecule has 18 heavy (non-hydrogen) atoms. The molecule has 1 aliphatic heterocycles. The number of benzene rings is 1. The number of hydrogen-bond donors (Lipinski definition) is 1. The van der Waals surface area contributed by atoms with Gasteiger partial charge in [0.05, 0.1) is 6.04 Å². The second-order valence-corrected chi connectivity index (χ2v) is 5.61. The molecule has 4 heteroatoms. The van der Waals surface area contributed by atoms with Crippen LogP contribution < -0.4 is 5.73 Å². The second-order valence-electron chi connectivity index (χ2n) is 4.69. The standard InChI is InChI=1S/C14H19BrN2O/c15-12-5-1-4-11(10-12)13-6-3-9-17(13)14(18)7-2-8-16/h1,4-5,10,13H,2-3,6-9,16H2. The lowest BCUT2D eigenvalue weighted by Crippen LogP contribution is -2.30. The van der Waals surface area contributed by atoms with Crippen LogP contribution in [-0.2, 0) is 4.79 Å². The summed E-state index contributed by atoms with van der Waals surface area (Å²) in [5.74, 6) is 0.239. The van der Waals surface area contributed by atoms with Crippen molar-refractivity contribution >= 4 is 21.8 Å².